The second-order valence-corrected chi connectivity index (χ2v) is 4.20. The van der Waals surface area contributed by atoms with Gasteiger partial charge in [-0.1, -0.05) is 32.4 Å². The highest BCUT2D eigenvalue weighted by molar-refractivity contribution is 5.26. The molecule has 0 aromatic heterocycles. The maximum atomic E-state index is 6.89. The van der Waals surface area contributed by atoms with E-state index in [-0.39, 0.29) is 0 Å². The van der Waals surface area contributed by atoms with Gasteiger partial charge in [0.05, 0.1) is 5.70 Å². The molecule has 0 atom stereocenters. The molecule has 1 aliphatic rings. The fourth-order valence-corrected chi connectivity index (χ4v) is 1.51. The quantitative estimate of drug-likeness (QED) is 0.633. The third kappa shape index (κ3) is 2.27. The van der Waals surface area contributed by atoms with Gasteiger partial charge in [-0.2, -0.15) is 5.11 Å². The summed E-state index contributed by atoms with van der Waals surface area (Å²) in [5, 5.41) is 3.46. The maximum absolute atomic E-state index is 6.89. The number of hydrogen-bond acceptors (Lipinski definition) is 2. The highest BCUT2D eigenvalue weighted by Gasteiger charge is 2.21. The second kappa shape index (κ2) is 3.86. The number of hydrogen-bond donors (Lipinski definition) is 1. The van der Waals surface area contributed by atoms with Crippen LogP contribution in [0.5, 0.6) is 0 Å². The van der Waals surface area contributed by atoms with Gasteiger partial charge < -0.3 is 0 Å². The van der Waals surface area contributed by atoms with Crippen molar-refractivity contribution in [2.75, 3.05) is 0 Å². The lowest BCUT2D eigenvalue weighted by Gasteiger charge is -2.28. The van der Waals surface area contributed by atoms with Gasteiger partial charge >= 0.3 is 0 Å². The Balaban J connectivity index is 2.80. The molecule has 0 radical (unpaired) electrons. The molecule has 0 saturated carbocycles. The zero-order chi connectivity index (χ0) is 9.90. The van der Waals surface area contributed by atoms with Gasteiger partial charge in [0.1, 0.15) is 0 Å². The summed E-state index contributed by atoms with van der Waals surface area (Å²) >= 11 is 0. The Bertz CT molecular complexity index is 259. The van der Waals surface area contributed by atoms with E-state index in [0.29, 0.717) is 5.41 Å². The van der Waals surface area contributed by atoms with Crippen LogP contribution >= 0.6 is 0 Å². The summed E-state index contributed by atoms with van der Waals surface area (Å²) in [7, 11) is 0. The van der Waals surface area contributed by atoms with Gasteiger partial charge in [0.25, 0.3) is 0 Å². The van der Waals surface area contributed by atoms with Crippen molar-refractivity contribution in [3.63, 3.8) is 0 Å². The van der Waals surface area contributed by atoms with Crippen LogP contribution in [0, 0.1) is 10.9 Å². The minimum atomic E-state index is 0.310. The van der Waals surface area contributed by atoms with E-state index in [9.17, 15) is 0 Å². The van der Waals surface area contributed by atoms with Crippen LogP contribution in [0.25, 0.3) is 0 Å². The molecule has 0 aliphatic heterocycles. The normalized spacial score (nSPS) is 17.8. The summed E-state index contributed by atoms with van der Waals surface area (Å²) in [6.07, 6.45) is 7.28. The van der Waals surface area contributed by atoms with Crippen LogP contribution in [-0.4, -0.2) is 0 Å². The summed E-state index contributed by atoms with van der Waals surface area (Å²) < 4.78 is 0. The Labute approximate surface area is 80.2 Å². The average molecular weight is 178 g/mol. The first-order valence-corrected chi connectivity index (χ1v) is 4.88. The lowest BCUT2D eigenvalue weighted by atomic mass is 9.78. The molecule has 0 unspecified atom stereocenters. The maximum Gasteiger partial charge on any atom is 0.0626 e. The summed E-state index contributed by atoms with van der Waals surface area (Å²) in [6, 6.07) is 0. The van der Waals surface area contributed by atoms with Gasteiger partial charge in [-0.3, -0.25) is 0 Å². The molecule has 0 aromatic carbocycles. The van der Waals surface area contributed by atoms with Crippen molar-refractivity contribution >= 4 is 0 Å². The van der Waals surface area contributed by atoms with E-state index >= 15 is 0 Å². The minimum Gasteiger partial charge on any atom is -0.205 e. The fourth-order valence-electron chi connectivity index (χ4n) is 1.51. The van der Waals surface area contributed by atoms with E-state index in [1.165, 1.54) is 12.0 Å². The monoisotopic (exact) mass is 178 g/mol. The van der Waals surface area contributed by atoms with Crippen molar-refractivity contribution in [1.29, 1.82) is 5.53 Å². The zero-order valence-electron chi connectivity index (χ0n) is 8.72. The smallest absolute Gasteiger partial charge is 0.0626 e. The largest absolute Gasteiger partial charge is 0.205 e. The van der Waals surface area contributed by atoms with Gasteiger partial charge in [0.2, 0.25) is 0 Å². The zero-order valence-corrected chi connectivity index (χ0v) is 8.72. The molecule has 0 aromatic rings. The van der Waals surface area contributed by atoms with E-state index in [1.54, 1.807) is 0 Å². The first-order chi connectivity index (χ1) is 6.10. The Morgan fingerprint density at radius 3 is 2.46 bits per heavy atom. The molecule has 1 aliphatic carbocycles. The van der Waals surface area contributed by atoms with Gasteiger partial charge in [-0.25, -0.2) is 5.53 Å². The molecule has 0 spiro atoms. The van der Waals surface area contributed by atoms with Gasteiger partial charge in [0, 0.05) is 0 Å². The third-order valence-corrected chi connectivity index (χ3v) is 3.02. The van der Waals surface area contributed by atoms with Crippen molar-refractivity contribution in [1.82, 2.24) is 0 Å². The van der Waals surface area contributed by atoms with Crippen molar-refractivity contribution in [2.45, 2.75) is 40.0 Å². The minimum absolute atomic E-state index is 0.310. The summed E-state index contributed by atoms with van der Waals surface area (Å²) in [4.78, 5) is 0. The molecule has 1 rings (SSSR count). The van der Waals surface area contributed by atoms with Crippen molar-refractivity contribution in [3.8, 4) is 0 Å². The molecular weight excluding hydrogens is 160 g/mol. The Morgan fingerprint density at radius 2 is 2.08 bits per heavy atom. The number of allylic oxidation sites excluding steroid dienone is 4. The highest BCUT2D eigenvalue weighted by Crippen LogP contribution is 2.36. The van der Waals surface area contributed by atoms with Crippen molar-refractivity contribution < 1.29 is 0 Å². The van der Waals surface area contributed by atoms with E-state index in [2.05, 4.69) is 32.0 Å². The molecule has 2 nitrogen and oxygen atoms in total. The van der Waals surface area contributed by atoms with Crippen molar-refractivity contribution in [2.24, 2.45) is 10.5 Å². The van der Waals surface area contributed by atoms with Gasteiger partial charge in [-0.15, -0.1) is 0 Å². The Hall–Kier alpha value is -0.920. The highest BCUT2D eigenvalue weighted by atomic mass is 15.0. The van der Waals surface area contributed by atoms with E-state index in [0.717, 1.165) is 18.5 Å². The average Bonchev–Trinajstić information content (AvgIpc) is 2.18. The summed E-state index contributed by atoms with van der Waals surface area (Å²) in [5.41, 5.74) is 9.59. The topological polar surface area (TPSA) is 36.2 Å². The standard InChI is InChI=1S/C11H18N2/c1-4-11(2,3)9-5-7-10(13-12)8-6-9/h5,7,12H,4,6,8H2,1-3H3. The third-order valence-electron chi connectivity index (χ3n) is 3.02. The molecule has 2 heteroatoms. The lowest BCUT2D eigenvalue weighted by Crippen LogP contribution is -2.14. The molecule has 13 heavy (non-hydrogen) atoms. The van der Waals surface area contributed by atoms with E-state index < -0.39 is 0 Å². The SMILES string of the molecule is CCC(C)(C)C1=CC=C(N=N)CC1. The van der Waals surface area contributed by atoms with Crippen LogP contribution in [0.3, 0.4) is 0 Å². The number of nitrogens with one attached hydrogen (secondary N) is 1. The van der Waals surface area contributed by atoms with E-state index in [4.69, 9.17) is 5.53 Å². The molecule has 0 saturated heterocycles. The van der Waals surface area contributed by atoms with Gasteiger partial charge in [-0.05, 0) is 30.8 Å². The Kier molecular flexibility index (Phi) is 3.02. The predicted octanol–water partition coefficient (Wildman–Crippen LogP) is 4.06. The molecule has 0 amide bonds. The van der Waals surface area contributed by atoms with Crippen LogP contribution in [0.1, 0.15) is 40.0 Å². The molecule has 72 valence electrons. The molecular formula is C11H18N2. The van der Waals surface area contributed by atoms with E-state index in [1.807, 2.05) is 6.08 Å². The molecule has 0 fully saturated rings. The molecule has 0 bridgehead atoms. The Morgan fingerprint density at radius 1 is 1.38 bits per heavy atom. The van der Waals surface area contributed by atoms with Crippen LogP contribution in [0.2, 0.25) is 0 Å². The number of nitrogens with zero attached hydrogens (tertiary/aromatic N) is 1. The molecule has 0 heterocycles. The van der Waals surface area contributed by atoms with Gasteiger partial charge in [0.15, 0.2) is 0 Å². The predicted molar refractivity (Wildman–Crippen MR) is 54.6 cm³/mol. The number of rotatable bonds is 3. The lowest BCUT2D eigenvalue weighted by molar-refractivity contribution is 0.411. The van der Waals surface area contributed by atoms with Crippen LogP contribution in [0.15, 0.2) is 28.5 Å². The van der Waals surface area contributed by atoms with Crippen LogP contribution in [-0.2, 0) is 0 Å². The van der Waals surface area contributed by atoms with Crippen LogP contribution in [0.4, 0.5) is 0 Å². The van der Waals surface area contributed by atoms with Crippen molar-refractivity contribution in [3.05, 3.63) is 23.4 Å². The first-order valence-electron chi connectivity index (χ1n) is 4.88. The summed E-state index contributed by atoms with van der Waals surface area (Å²) in [6.45, 7) is 6.76. The summed E-state index contributed by atoms with van der Waals surface area (Å²) in [5.74, 6) is 0. The second-order valence-electron chi connectivity index (χ2n) is 4.20. The first kappa shape index (κ1) is 10.2. The fraction of sp³-hybridized carbons (Fsp3) is 0.636. The molecule has 1 N–H and O–H groups in total. The van der Waals surface area contributed by atoms with Crippen LogP contribution < -0.4 is 0 Å².